The van der Waals surface area contributed by atoms with Gasteiger partial charge >= 0.3 is 0 Å². The lowest BCUT2D eigenvalue weighted by Gasteiger charge is -2.21. The molecule has 4 aliphatic rings. The molecule has 264 valence electrons. The maximum atomic E-state index is 13.7. The lowest BCUT2D eigenvalue weighted by molar-refractivity contribution is 0.0728. The number of nitrogens with zero attached hydrogens (tertiary/aromatic N) is 2. The Kier molecular flexibility index (Phi) is 9.62. The fourth-order valence-electron chi connectivity index (χ4n) is 7.21. The number of ether oxygens (including phenoxy) is 5. The van der Waals surface area contributed by atoms with Gasteiger partial charge < -0.3 is 49.2 Å². The van der Waals surface area contributed by atoms with E-state index in [1.165, 1.54) is 0 Å². The van der Waals surface area contributed by atoms with E-state index in [2.05, 4.69) is 10.6 Å². The standard InChI is InChI=1S/C38H44N4O8/c1-46-28-9-7-23(8-10-28)24-13-25-19-39-31-17-35(33(47-2)15-29(31)37(44)41(25)21-24)49-11-5-4-6-12-50-36-18-32-30(16-34(36)48-3)38(45)42-22-27(43)14-26(42)20-40-32/h7-10,15-18,21,25-27,39-40,43H,4-6,11-14,19-20,22H2,1-3H3/t25-,26-,27+/m0/s1. The summed E-state index contributed by atoms with van der Waals surface area (Å²) in [6, 6.07) is 15.0. The predicted octanol–water partition coefficient (Wildman–Crippen LogP) is 5.02. The third kappa shape index (κ3) is 6.59. The number of hydrogen-bond donors (Lipinski definition) is 3. The zero-order chi connectivity index (χ0) is 34.8. The number of fused-ring (bicyclic) bond motifs is 4. The fraction of sp³-hybridized carbons (Fsp3) is 0.421. The third-order valence-corrected chi connectivity index (χ3v) is 9.92. The van der Waals surface area contributed by atoms with Gasteiger partial charge in [0.15, 0.2) is 23.0 Å². The molecular formula is C38H44N4O8. The lowest BCUT2D eigenvalue weighted by atomic mass is 10.0. The summed E-state index contributed by atoms with van der Waals surface area (Å²) in [5.41, 5.74) is 4.70. The van der Waals surface area contributed by atoms with Gasteiger partial charge in [-0.15, -0.1) is 0 Å². The Bertz CT molecular complexity index is 1780. The molecule has 1 saturated heterocycles. The van der Waals surface area contributed by atoms with Gasteiger partial charge in [-0.25, -0.2) is 0 Å². The molecule has 0 bridgehead atoms. The number of carbonyl (C=O) groups is 2. The van der Waals surface area contributed by atoms with Gasteiger partial charge in [-0.05, 0) is 67.5 Å². The second kappa shape index (κ2) is 14.4. The SMILES string of the molecule is COc1ccc(C2=CN3C(=O)c4cc(OC)c(OCCCCCOc5cc6c(cc5OC)C(=O)N5C[C@H](O)C[C@H]5CN6)cc4NC[C@@H]3C2)cc1. The van der Waals surface area contributed by atoms with Crippen LogP contribution in [-0.4, -0.2) is 99.1 Å². The number of rotatable bonds is 12. The Labute approximate surface area is 291 Å². The molecule has 0 unspecified atom stereocenters. The van der Waals surface area contributed by atoms with Crippen LogP contribution in [-0.2, 0) is 0 Å². The minimum Gasteiger partial charge on any atom is -0.497 e. The lowest BCUT2D eigenvalue weighted by Crippen LogP contribution is -2.37. The first kappa shape index (κ1) is 33.4. The van der Waals surface area contributed by atoms with E-state index >= 15 is 0 Å². The van der Waals surface area contributed by atoms with Crippen molar-refractivity contribution >= 4 is 28.8 Å². The van der Waals surface area contributed by atoms with Crippen molar-refractivity contribution in [3.63, 3.8) is 0 Å². The van der Waals surface area contributed by atoms with Gasteiger partial charge in [0.25, 0.3) is 11.8 Å². The number of methoxy groups -OCH3 is 3. The van der Waals surface area contributed by atoms with Crippen molar-refractivity contribution in [3.8, 4) is 28.7 Å². The summed E-state index contributed by atoms with van der Waals surface area (Å²) in [5, 5.41) is 16.9. The second-order valence-corrected chi connectivity index (χ2v) is 13.1. The Morgan fingerprint density at radius 3 is 1.94 bits per heavy atom. The van der Waals surface area contributed by atoms with E-state index in [9.17, 15) is 14.7 Å². The maximum Gasteiger partial charge on any atom is 0.260 e. The van der Waals surface area contributed by atoms with Crippen LogP contribution < -0.4 is 34.3 Å². The van der Waals surface area contributed by atoms with Crippen LogP contribution >= 0.6 is 0 Å². The van der Waals surface area contributed by atoms with E-state index < -0.39 is 6.10 Å². The number of aliphatic hydroxyl groups is 1. The summed E-state index contributed by atoms with van der Waals surface area (Å²) in [4.78, 5) is 30.5. The minimum absolute atomic E-state index is 0.00167. The summed E-state index contributed by atoms with van der Waals surface area (Å²) in [7, 11) is 4.79. The Morgan fingerprint density at radius 2 is 1.34 bits per heavy atom. The Balaban J connectivity index is 0.919. The van der Waals surface area contributed by atoms with Gasteiger partial charge in [0.1, 0.15) is 5.75 Å². The number of unbranched alkanes of at least 4 members (excludes halogenated alkanes) is 2. The summed E-state index contributed by atoms with van der Waals surface area (Å²) >= 11 is 0. The number of benzene rings is 3. The van der Waals surface area contributed by atoms with Crippen LogP contribution in [0.15, 0.2) is 54.7 Å². The normalized spacial score (nSPS) is 20.6. The Hall–Kier alpha value is -5.10. The first-order valence-corrected chi connectivity index (χ1v) is 17.2. The summed E-state index contributed by atoms with van der Waals surface area (Å²) in [5.74, 6) is 2.79. The molecule has 12 nitrogen and oxygen atoms in total. The largest absolute Gasteiger partial charge is 0.497 e. The zero-order valence-electron chi connectivity index (χ0n) is 28.7. The second-order valence-electron chi connectivity index (χ2n) is 13.1. The van der Waals surface area contributed by atoms with Crippen LogP contribution in [0.4, 0.5) is 11.4 Å². The predicted molar refractivity (Wildman–Crippen MR) is 189 cm³/mol. The molecule has 2 amide bonds. The average Bonchev–Trinajstić information content (AvgIpc) is 3.68. The molecule has 4 heterocycles. The Morgan fingerprint density at radius 1 is 0.740 bits per heavy atom. The molecule has 0 saturated carbocycles. The van der Waals surface area contributed by atoms with E-state index in [1.54, 1.807) is 38.4 Å². The van der Waals surface area contributed by atoms with Crippen LogP contribution in [0.5, 0.6) is 28.7 Å². The molecular weight excluding hydrogens is 640 g/mol. The van der Waals surface area contributed by atoms with Crippen LogP contribution in [0.2, 0.25) is 0 Å². The van der Waals surface area contributed by atoms with E-state index in [4.69, 9.17) is 23.7 Å². The molecule has 3 N–H and O–H groups in total. The molecule has 3 aromatic rings. The summed E-state index contributed by atoms with van der Waals surface area (Å²) in [6.07, 6.45) is 5.25. The van der Waals surface area contributed by atoms with Crippen molar-refractivity contribution in [1.82, 2.24) is 9.80 Å². The van der Waals surface area contributed by atoms with Crippen molar-refractivity contribution in [3.05, 3.63) is 71.4 Å². The first-order chi connectivity index (χ1) is 24.4. The molecule has 3 atom stereocenters. The van der Waals surface area contributed by atoms with Crippen LogP contribution in [0.1, 0.15) is 58.4 Å². The number of carbonyl (C=O) groups excluding carboxylic acids is 2. The average molecular weight is 685 g/mol. The topological polar surface area (TPSA) is 131 Å². The number of aliphatic hydroxyl groups excluding tert-OH is 1. The molecule has 7 rings (SSSR count). The van der Waals surface area contributed by atoms with E-state index in [0.29, 0.717) is 79.1 Å². The van der Waals surface area contributed by atoms with Crippen molar-refractivity contribution in [2.45, 2.75) is 50.3 Å². The quantitative estimate of drug-likeness (QED) is 0.224. The fourth-order valence-corrected chi connectivity index (χ4v) is 7.21. The van der Waals surface area contributed by atoms with Crippen molar-refractivity contribution in [2.24, 2.45) is 0 Å². The zero-order valence-corrected chi connectivity index (χ0v) is 28.7. The molecule has 12 heteroatoms. The summed E-state index contributed by atoms with van der Waals surface area (Å²) in [6.45, 7) is 2.49. The van der Waals surface area contributed by atoms with Crippen LogP contribution in [0.25, 0.3) is 5.57 Å². The highest BCUT2D eigenvalue weighted by Gasteiger charge is 2.38. The number of anilines is 2. The van der Waals surface area contributed by atoms with Crippen molar-refractivity contribution < 1.29 is 38.4 Å². The number of hydrogen-bond acceptors (Lipinski definition) is 10. The smallest absolute Gasteiger partial charge is 0.260 e. The van der Waals surface area contributed by atoms with E-state index in [1.807, 2.05) is 47.5 Å². The van der Waals surface area contributed by atoms with Crippen LogP contribution in [0.3, 0.4) is 0 Å². The molecule has 0 aromatic heterocycles. The van der Waals surface area contributed by atoms with Crippen molar-refractivity contribution in [2.75, 3.05) is 64.8 Å². The molecule has 3 aromatic carbocycles. The van der Waals surface area contributed by atoms with Gasteiger partial charge in [0, 0.05) is 38.0 Å². The molecule has 4 aliphatic heterocycles. The van der Waals surface area contributed by atoms with Gasteiger partial charge in [-0.2, -0.15) is 0 Å². The molecule has 0 radical (unpaired) electrons. The molecule has 0 spiro atoms. The first-order valence-electron chi connectivity index (χ1n) is 17.2. The number of amides is 2. The minimum atomic E-state index is -0.494. The van der Waals surface area contributed by atoms with E-state index in [-0.39, 0.29) is 23.9 Å². The monoisotopic (exact) mass is 684 g/mol. The van der Waals surface area contributed by atoms with E-state index in [0.717, 1.165) is 48.3 Å². The third-order valence-electron chi connectivity index (χ3n) is 9.92. The molecule has 1 fully saturated rings. The highest BCUT2D eigenvalue weighted by Crippen LogP contribution is 2.40. The molecule has 50 heavy (non-hydrogen) atoms. The number of nitrogens with one attached hydrogen (secondary N) is 2. The van der Waals surface area contributed by atoms with Gasteiger partial charge in [0.05, 0.1) is 75.2 Å². The highest BCUT2D eigenvalue weighted by atomic mass is 16.5. The van der Waals surface area contributed by atoms with Crippen LogP contribution in [0, 0.1) is 0 Å². The van der Waals surface area contributed by atoms with Gasteiger partial charge in [-0.3, -0.25) is 9.59 Å². The highest BCUT2D eigenvalue weighted by molar-refractivity contribution is 6.03. The van der Waals surface area contributed by atoms with Crippen molar-refractivity contribution in [1.29, 1.82) is 0 Å². The van der Waals surface area contributed by atoms with Gasteiger partial charge in [-0.1, -0.05) is 12.1 Å². The van der Waals surface area contributed by atoms with Gasteiger partial charge in [0.2, 0.25) is 0 Å². The maximum absolute atomic E-state index is 13.7. The summed E-state index contributed by atoms with van der Waals surface area (Å²) < 4.78 is 28.7. The molecule has 0 aliphatic carbocycles.